The summed E-state index contributed by atoms with van der Waals surface area (Å²) in [5.41, 5.74) is 0.999. The number of rotatable bonds is 5. The zero-order chi connectivity index (χ0) is 20.8. The fourth-order valence-electron chi connectivity index (χ4n) is 2.82. The number of amides is 2. The molecule has 2 amide bonds. The number of nitrogens with one attached hydrogen (secondary N) is 3. The van der Waals surface area contributed by atoms with Gasteiger partial charge in [0.1, 0.15) is 10.6 Å². The number of carbonyl (C=O) groups excluding carboxylic acids is 2. The smallest absolute Gasteiger partial charge is 0.265 e. The lowest BCUT2D eigenvalue weighted by molar-refractivity contribution is -0.122. The van der Waals surface area contributed by atoms with Crippen LogP contribution in [0.5, 0.6) is 5.75 Å². The van der Waals surface area contributed by atoms with Gasteiger partial charge in [0, 0.05) is 17.3 Å². The molecule has 1 heterocycles. The fraction of sp³-hybridized carbons (Fsp3) is 0.263. The van der Waals surface area contributed by atoms with E-state index in [1.807, 2.05) is 0 Å². The summed E-state index contributed by atoms with van der Waals surface area (Å²) in [5, 5.41) is 5.42. The zero-order valence-electron chi connectivity index (χ0n) is 15.4. The van der Waals surface area contributed by atoms with Gasteiger partial charge in [-0.2, -0.15) is 0 Å². The Labute approximate surface area is 172 Å². The minimum absolute atomic E-state index is 0.0393. The molecule has 3 N–H and O–H groups in total. The molecule has 29 heavy (non-hydrogen) atoms. The Kier molecular flexibility index (Phi) is 4.97. The second kappa shape index (κ2) is 7.33. The van der Waals surface area contributed by atoms with Crippen LogP contribution >= 0.6 is 11.6 Å². The van der Waals surface area contributed by atoms with Crippen LogP contribution in [0.3, 0.4) is 0 Å². The molecule has 0 bridgehead atoms. The molecule has 4 rings (SSSR count). The molecule has 10 heteroatoms. The molecule has 8 nitrogen and oxygen atoms in total. The molecular formula is C19H18ClN3O5S. The summed E-state index contributed by atoms with van der Waals surface area (Å²) in [6.45, 7) is 1.64. The molecule has 0 unspecified atom stereocenters. The highest BCUT2D eigenvalue weighted by Gasteiger charge is 2.30. The van der Waals surface area contributed by atoms with Crippen LogP contribution in [0.15, 0.2) is 41.3 Å². The highest BCUT2D eigenvalue weighted by Crippen LogP contribution is 2.32. The van der Waals surface area contributed by atoms with E-state index in [-0.39, 0.29) is 27.4 Å². The average molecular weight is 436 g/mol. The number of hydrogen-bond donors (Lipinski definition) is 3. The van der Waals surface area contributed by atoms with Gasteiger partial charge in [0.05, 0.1) is 10.7 Å². The van der Waals surface area contributed by atoms with Crippen LogP contribution in [0.1, 0.15) is 30.1 Å². The highest BCUT2D eigenvalue weighted by atomic mass is 35.5. The Morgan fingerprint density at radius 3 is 2.69 bits per heavy atom. The largest absolute Gasteiger partial charge is 0.479 e. The van der Waals surface area contributed by atoms with E-state index in [1.165, 1.54) is 18.2 Å². The summed E-state index contributed by atoms with van der Waals surface area (Å²) in [6, 6.07) is 8.82. The third-order valence-electron chi connectivity index (χ3n) is 4.55. The maximum Gasteiger partial charge on any atom is 0.265 e. The Bertz CT molecular complexity index is 1110. The Morgan fingerprint density at radius 2 is 1.97 bits per heavy atom. The van der Waals surface area contributed by atoms with Gasteiger partial charge in [0.15, 0.2) is 6.10 Å². The van der Waals surface area contributed by atoms with Crippen molar-refractivity contribution in [2.75, 3.05) is 10.6 Å². The first kappa shape index (κ1) is 19.7. The zero-order valence-corrected chi connectivity index (χ0v) is 16.9. The molecule has 1 fully saturated rings. The van der Waals surface area contributed by atoms with Gasteiger partial charge in [0.2, 0.25) is 10.0 Å². The summed E-state index contributed by atoms with van der Waals surface area (Å²) in [4.78, 5) is 24.3. The molecule has 0 saturated heterocycles. The number of hydrogen-bond acceptors (Lipinski definition) is 5. The van der Waals surface area contributed by atoms with Crippen molar-refractivity contribution in [2.45, 2.75) is 36.8 Å². The third-order valence-corrected chi connectivity index (χ3v) is 6.55. The van der Waals surface area contributed by atoms with Crippen LogP contribution in [0.4, 0.5) is 11.4 Å². The van der Waals surface area contributed by atoms with Crippen LogP contribution in [0, 0.1) is 0 Å². The number of carbonyl (C=O) groups is 2. The van der Waals surface area contributed by atoms with Crippen LogP contribution in [-0.2, 0) is 14.8 Å². The van der Waals surface area contributed by atoms with Crippen molar-refractivity contribution in [1.29, 1.82) is 0 Å². The maximum absolute atomic E-state index is 12.6. The molecule has 2 aliphatic rings. The molecule has 1 aliphatic carbocycles. The molecule has 0 radical (unpaired) electrons. The van der Waals surface area contributed by atoms with E-state index in [1.54, 1.807) is 25.1 Å². The SMILES string of the molecule is C[C@H]1Oc2ccc(NC(=O)c3ccc(Cl)c(S(=O)(=O)NC4CC4)c3)cc2NC1=O. The first-order valence-electron chi connectivity index (χ1n) is 8.98. The first-order chi connectivity index (χ1) is 13.7. The number of fused-ring (bicyclic) bond motifs is 1. The molecule has 0 spiro atoms. The predicted molar refractivity (Wildman–Crippen MR) is 108 cm³/mol. The van der Waals surface area contributed by atoms with E-state index in [9.17, 15) is 18.0 Å². The third kappa shape index (κ3) is 4.21. The first-order valence-corrected chi connectivity index (χ1v) is 10.8. The maximum atomic E-state index is 12.6. The van der Waals surface area contributed by atoms with Gasteiger partial charge in [0.25, 0.3) is 11.8 Å². The van der Waals surface area contributed by atoms with Crippen LogP contribution in [-0.4, -0.2) is 32.4 Å². The van der Waals surface area contributed by atoms with Gasteiger partial charge < -0.3 is 15.4 Å². The van der Waals surface area contributed by atoms with E-state index in [2.05, 4.69) is 15.4 Å². The van der Waals surface area contributed by atoms with E-state index in [0.717, 1.165) is 12.8 Å². The molecule has 2 aromatic carbocycles. The van der Waals surface area contributed by atoms with Crippen molar-refractivity contribution in [1.82, 2.24) is 4.72 Å². The fourth-order valence-corrected chi connectivity index (χ4v) is 4.66. The minimum atomic E-state index is -3.81. The van der Waals surface area contributed by atoms with Crippen molar-refractivity contribution in [3.63, 3.8) is 0 Å². The monoisotopic (exact) mass is 435 g/mol. The Hall–Kier alpha value is -2.62. The predicted octanol–water partition coefficient (Wildman–Crippen LogP) is 2.75. The van der Waals surface area contributed by atoms with Crippen molar-refractivity contribution >= 4 is 44.8 Å². The van der Waals surface area contributed by atoms with Crippen molar-refractivity contribution < 1.29 is 22.7 Å². The average Bonchev–Trinajstić information content (AvgIpc) is 3.46. The van der Waals surface area contributed by atoms with Crippen LogP contribution in [0.2, 0.25) is 5.02 Å². The molecule has 1 aliphatic heterocycles. The topological polar surface area (TPSA) is 114 Å². The minimum Gasteiger partial charge on any atom is -0.479 e. The summed E-state index contributed by atoms with van der Waals surface area (Å²) < 4.78 is 33.0. The second-order valence-electron chi connectivity index (χ2n) is 6.96. The van der Waals surface area contributed by atoms with Gasteiger partial charge >= 0.3 is 0 Å². The number of anilines is 2. The summed E-state index contributed by atoms with van der Waals surface area (Å²) in [7, 11) is -3.81. The Balaban J connectivity index is 1.55. The summed E-state index contributed by atoms with van der Waals surface area (Å²) in [6.07, 6.45) is 0.976. The Morgan fingerprint density at radius 1 is 1.21 bits per heavy atom. The van der Waals surface area contributed by atoms with Crippen molar-refractivity contribution in [2.24, 2.45) is 0 Å². The van der Waals surface area contributed by atoms with Gasteiger partial charge in [-0.15, -0.1) is 0 Å². The van der Waals surface area contributed by atoms with E-state index in [4.69, 9.17) is 16.3 Å². The normalized spacial score (nSPS) is 18.4. The van der Waals surface area contributed by atoms with Crippen LogP contribution in [0.25, 0.3) is 0 Å². The van der Waals surface area contributed by atoms with Crippen molar-refractivity contribution in [3.05, 3.63) is 47.0 Å². The van der Waals surface area contributed by atoms with Crippen molar-refractivity contribution in [3.8, 4) is 5.75 Å². The van der Waals surface area contributed by atoms with Crippen LogP contribution < -0.4 is 20.1 Å². The highest BCUT2D eigenvalue weighted by molar-refractivity contribution is 7.89. The van der Waals surface area contributed by atoms with Gasteiger partial charge in [-0.3, -0.25) is 9.59 Å². The number of halogens is 1. The lowest BCUT2D eigenvalue weighted by Crippen LogP contribution is -2.34. The molecule has 152 valence electrons. The lowest BCUT2D eigenvalue weighted by atomic mass is 10.2. The number of sulfonamides is 1. The van der Waals surface area contributed by atoms with Gasteiger partial charge in [-0.25, -0.2) is 13.1 Å². The molecular weight excluding hydrogens is 418 g/mol. The van der Waals surface area contributed by atoms with E-state index in [0.29, 0.717) is 17.1 Å². The summed E-state index contributed by atoms with van der Waals surface area (Å²) >= 11 is 6.05. The molecule has 1 atom stereocenters. The molecule has 1 saturated carbocycles. The quantitative estimate of drug-likeness (QED) is 0.668. The molecule has 2 aromatic rings. The van der Waals surface area contributed by atoms with E-state index < -0.39 is 22.0 Å². The van der Waals surface area contributed by atoms with Gasteiger partial charge in [-0.1, -0.05) is 11.6 Å². The standard InChI is InChI=1S/C19H18ClN3O5S/c1-10-18(24)22-15-9-13(5-7-16(15)28-10)21-19(25)11-2-6-14(20)17(8-11)29(26,27)23-12-3-4-12/h2,5-10,12,23H,3-4H2,1H3,(H,21,25)(H,22,24)/t10-/m1/s1. The number of benzene rings is 2. The summed E-state index contributed by atoms with van der Waals surface area (Å²) in [5.74, 6) is -0.293. The molecule has 0 aromatic heterocycles. The number of ether oxygens (including phenoxy) is 1. The van der Waals surface area contributed by atoms with E-state index >= 15 is 0 Å². The van der Waals surface area contributed by atoms with Gasteiger partial charge in [-0.05, 0) is 56.2 Å². The lowest BCUT2D eigenvalue weighted by Gasteiger charge is -2.23. The second-order valence-corrected chi connectivity index (χ2v) is 9.04.